The van der Waals surface area contributed by atoms with Crippen LogP contribution < -0.4 is 5.32 Å². The number of anilines is 1. The lowest BCUT2D eigenvalue weighted by molar-refractivity contribution is -0.115. The van der Waals surface area contributed by atoms with E-state index in [2.05, 4.69) is 25.8 Å². The van der Waals surface area contributed by atoms with Crippen molar-refractivity contribution in [3.63, 3.8) is 0 Å². The van der Waals surface area contributed by atoms with Gasteiger partial charge in [-0.3, -0.25) is 9.89 Å². The van der Waals surface area contributed by atoms with Crippen LogP contribution >= 0.6 is 0 Å². The summed E-state index contributed by atoms with van der Waals surface area (Å²) in [7, 11) is 0. The molecule has 7 nitrogen and oxygen atoms in total. The molecular formula is C15H22N6O. The molecule has 2 N–H and O–H groups in total. The van der Waals surface area contributed by atoms with Gasteiger partial charge in [-0.2, -0.15) is 5.10 Å². The SMILES string of the molecule is CC(C)n1cc(CC(=O)Nc2cc(C3CCCC3)[nH]n2)nn1. The van der Waals surface area contributed by atoms with Crippen LogP contribution in [0.5, 0.6) is 0 Å². The lowest BCUT2D eigenvalue weighted by Crippen LogP contribution is -2.14. The first-order valence-corrected chi connectivity index (χ1v) is 7.87. The van der Waals surface area contributed by atoms with Crippen molar-refractivity contribution in [3.8, 4) is 0 Å². The summed E-state index contributed by atoms with van der Waals surface area (Å²) in [6.45, 7) is 4.04. The van der Waals surface area contributed by atoms with Gasteiger partial charge in [-0.15, -0.1) is 5.10 Å². The number of aromatic nitrogens is 5. The van der Waals surface area contributed by atoms with Crippen LogP contribution in [-0.2, 0) is 11.2 Å². The Hall–Kier alpha value is -2.18. The molecule has 0 atom stereocenters. The molecule has 0 bridgehead atoms. The lowest BCUT2D eigenvalue weighted by Gasteiger charge is -2.03. The molecular weight excluding hydrogens is 280 g/mol. The molecule has 2 aromatic rings. The van der Waals surface area contributed by atoms with E-state index < -0.39 is 0 Å². The van der Waals surface area contributed by atoms with Crippen molar-refractivity contribution in [3.05, 3.63) is 23.7 Å². The van der Waals surface area contributed by atoms with E-state index in [4.69, 9.17) is 0 Å². The number of hydrogen-bond acceptors (Lipinski definition) is 4. The Labute approximate surface area is 129 Å². The summed E-state index contributed by atoms with van der Waals surface area (Å²) in [5.41, 5.74) is 1.79. The van der Waals surface area contributed by atoms with Gasteiger partial charge in [0.2, 0.25) is 5.91 Å². The zero-order chi connectivity index (χ0) is 15.5. The standard InChI is InChI=1S/C15H22N6O/c1-10(2)21-9-12(17-20-21)7-15(22)16-14-8-13(18-19-14)11-5-3-4-6-11/h8-11H,3-7H2,1-2H3,(H2,16,18,19,22). The van der Waals surface area contributed by atoms with Crippen LogP contribution in [-0.4, -0.2) is 31.1 Å². The minimum atomic E-state index is -0.125. The Morgan fingerprint density at radius 2 is 2.23 bits per heavy atom. The molecule has 0 aromatic carbocycles. The van der Waals surface area contributed by atoms with Gasteiger partial charge in [0, 0.05) is 29.9 Å². The highest BCUT2D eigenvalue weighted by atomic mass is 16.1. The number of nitrogens with one attached hydrogen (secondary N) is 2. The first-order chi connectivity index (χ1) is 10.6. The number of carbonyl (C=O) groups excluding carboxylic acids is 1. The molecule has 22 heavy (non-hydrogen) atoms. The molecule has 1 amide bonds. The molecule has 0 unspecified atom stereocenters. The highest BCUT2D eigenvalue weighted by molar-refractivity contribution is 5.91. The van der Waals surface area contributed by atoms with Crippen molar-refractivity contribution in [2.45, 2.75) is 57.9 Å². The highest BCUT2D eigenvalue weighted by Crippen LogP contribution is 2.33. The van der Waals surface area contributed by atoms with Gasteiger partial charge in [0.1, 0.15) is 0 Å². The highest BCUT2D eigenvalue weighted by Gasteiger charge is 2.19. The van der Waals surface area contributed by atoms with Crippen LogP contribution in [0.15, 0.2) is 12.3 Å². The Balaban J connectivity index is 1.57. The zero-order valence-electron chi connectivity index (χ0n) is 13.0. The first-order valence-electron chi connectivity index (χ1n) is 7.87. The van der Waals surface area contributed by atoms with Gasteiger partial charge in [-0.1, -0.05) is 18.1 Å². The van der Waals surface area contributed by atoms with E-state index in [0.717, 1.165) is 5.69 Å². The summed E-state index contributed by atoms with van der Waals surface area (Å²) in [6.07, 6.45) is 6.96. The summed E-state index contributed by atoms with van der Waals surface area (Å²) in [6, 6.07) is 2.18. The molecule has 2 aromatic heterocycles. The normalized spacial score (nSPS) is 15.6. The van der Waals surface area contributed by atoms with E-state index in [-0.39, 0.29) is 18.4 Å². The van der Waals surface area contributed by atoms with Crippen molar-refractivity contribution in [2.24, 2.45) is 0 Å². The lowest BCUT2D eigenvalue weighted by atomic mass is 10.0. The van der Waals surface area contributed by atoms with E-state index in [1.165, 1.54) is 25.7 Å². The molecule has 1 saturated carbocycles. The van der Waals surface area contributed by atoms with Crippen LogP contribution in [0.1, 0.15) is 62.9 Å². The smallest absolute Gasteiger partial charge is 0.231 e. The Morgan fingerprint density at radius 3 is 2.91 bits per heavy atom. The number of hydrogen-bond donors (Lipinski definition) is 2. The number of aromatic amines is 1. The van der Waals surface area contributed by atoms with E-state index in [0.29, 0.717) is 17.4 Å². The first kappa shape index (κ1) is 14.7. The monoisotopic (exact) mass is 302 g/mol. The summed E-state index contributed by atoms with van der Waals surface area (Å²) >= 11 is 0. The number of carbonyl (C=O) groups is 1. The van der Waals surface area contributed by atoms with Crippen molar-refractivity contribution in [1.82, 2.24) is 25.2 Å². The fourth-order valence-electron chi connectivity index (χ4n) is 2.84. The molecule has 1 fully saturated rings. The third-order valence-electron chi connectivity index (χ3n) is 4.09. The fraction of sp³-hybridized carbons (Fsp3) is 0.600. The quantitative estimate of drug-likeness (QED) is 0.887. The minimum absolute atomic E-state index is 0.125. The van der Waals surface area contributed by atoms with E-state index >= 15 is 0 Å². The molecule has 3 rings (SSSR count). The average molecular weight is 302 g/mol. The zero-order valence-corrected chi connectivity index (χ0v) is 13.0. The molecule has 7 heteroatoms. The van der Waals surface area contributed by atoms with Crippen LogP contribution in [0.2, 0.25) is 0 Å². The molecule has 0 aliphatic heterocycles. The van der Waals surface area contributed by atoms with E-state index in [1.54, 1.807) is 10.9 Å². The predicted octanol–water partition coefficient (Wildman–Crippen LogP) is 2.42. The van der Waals surface area contributed by atoms with Crippen molar-refractivity contribution < 1.29 is 4.79 Å². The molecule has 1 aliphatic rings. The summed E-state index contributed by atoms with van der Waals surface area (Å²) in [5, 5.41) is 18.0. The third kappa shape index (κ3) is 3.35. The Kier molecular flexibility index (Phi) is 4.22. The number of amides is 1. The van der Waals surface area contributed by atoms with Crippen molar-refractivity contribution in [1.29, 1.82) is 0 Å². The molecule has 0 spiro atoms. The van der Waals surface area contributed by atoms with Gasteiger partial charge >= 0.3 is 0 Å². The van der Waals surface area contributed by atoms with E-state index in [9.17, 15) is 4.79 Å². The van der Waals surface area contributed by atoms with Gasteiger partial charge in [0.15, 0.2) is 5.82 Å². The molecule has 118 valence electrons. The Morgan fingerprint density at radius 1 is 1.45 bits per heavy atom. The van der Waals surface area contributed by atoms with Crippen molar-refractivity contribution >= 4 is 11.7 Å². The number of rotatable bonds is 5. The van der Waals surface area contributed by atoms with Gasteiger partial charge in [-0.05, 0) is 26.7 Å². The number of H-pyrrole nitrogens is 1. The second-order valence-corrected chi connectivity index (χ2v) is 6.20. The van der Waals surface area contributed by atoms with Gasteiger partial charge in [0.25, 0.3) is 0 Å². The van der Waals surface area contributed by atoms with Gasteiger partial charge in [0.05, 0.1) is 12.1 Å². The fourth-order valence-corrected chi connectivity index (χ4v) is 2.84. The maximum Gasteiger partial charge on any atom is 0.231 e. The summed E-state index contributed by atoms with van der Waals surface area (Å²) in [4.78, 5) is 12.0. The second-order valence-electron chi connectivity index (χ2n) is 6.20. The largest absolute Gasteiger partial charge is 0.309 e. The molecule has 2 heterocycles. The summed E-state index contributed by atoms with van der Waals surface area (Å²) in [5.74, 6) is 1.02. The van der Waals surface area contributed by atoms with Crippen LogP contribution in [0.4, 0.5) is 5.82 Å². The molecule has 0 saturated heterocycles. The topological polar surface area (TPSA) is 88.5 Å². The summed E-state index contributed by atoms with van der Waals surface area (Å²) < 4.78 is 1.75. The van der Waals surface area contributed by atoms with E-state index in [1.807, 2.05) is 19.9 Å². The molecule has 1 aliphatic carbocycles. The second kappa shape index (κ2) is 6.29. The maximum absolute atomic E-state index is 12.0. The average Bonchev–Trinajstić information content (AvgIpc) is 3.18. The predicted molar refractivity (Wildman–Crippen MR) is 82.5 cm³/mol. The van der Waals surface area contributed by atoms with Gasteiger partial charge < -0.3 is 5.32 Å². The van der Waals surface area contributed by atoms with Crippen molar-refractivity contribution in [2.75, 3.05) is 5.32 Å². The minimum Gasteiger partial charge on any atom is -0.309 e. The van der Waals surface area contributed by atoms with Crippen LogP contribution in [0, 0.1) is 0 Å². The Bertz CT molecular complexity index is 638. The van der Waals surface area contributed by atoms with Gasteiger partial charge in [-0.25, -0.2) is 4.68 Å². The third-order valence-corrected chi connectivity index (χ3v) is 4.09. The number of nitrogens with zero attached hydrogens (tertiary/aromatic N) is 4. The molecule has 0 radical (unpaired) electrons. The maximum atomic E-state index is 12.0. The van der Waals surface area contributed by atoms with Crippen LogP contribution in [0.3, 0.4) is 0 Å². The van der Waals surface area contributed by atoms with Crippen LogP contribution in [0.25, 0.3) is 0 Å².